The minimum atomic E-state index is -0.583. The fourth-order valence-electron chi connectivity index (χ4n) is 2.94. The zero-order valence-corrected chi connectivity index (χ0v) is 19.9. The van der Waals surface area contributed by atoms with Crippen LogP contribution in [0.25, 0.3) is 0 Å². The molecule has 1 atom stereocenters. The molecule has 2 aromatic rings. The normalized spacial score (nSPS) is 11.8. The monoisotopic (exact) mass is 494 g/mol. The van der Waals surface area contributed by atoms with E-state index in [4.69, 9.17) is 16.3 Å². The third kappa shape index (κ3) is 7.33. The van der Waals surface area contributed by atoms with Crippen molar-refractivity contribution in [2.75, 3.05) is 13.2 Å². The number of hydrogen-bond acceptors (Lipinski definition) is 3. The number of ether oxygens (including phenoxy) is 1. The summed E-state index contributed by atoms with van der Waals surface area (Å²) in [5.74, 6) is 0.319. The highest BCUT2D eigenvalue weighted by atomic mass is 79.9. The van der Waals surface area contributed by atoms with Crippen LogP contribution < -0.4 is 10.1 Å². The number of carbonyl (C=O) groups is 2. The van der Waals surface area contributed by atoms with Crippen molar-refractivity contribution in [1.29, 1.82) is 0 Å². The van der Waals surface area contributed by atoms with E-state index in [1.807, 2.05) is 51.1 Å². The van der Waals surface area contributed by atoms with Crippen LogP contribution in [0.3, 0.4) is 0 Å². The predicted octanol–water partition coefficient (Wildman–Crippen LogP) is 5.06. The minimum absolute atomic E-state index is 0.155. The first kappa shape index (κ1) is 24.2. The molecule has 7 heteroatoms. The Balaban J connectivity index is 2.18. The van der Waals surface area contributed by atoms with E-state index in [0.29, 0.717) is 36.2 Å². The number of halogens is 2. The van der Waals surface area contributed by atoms with Crippen LogP contribution >= 0.6 is 27.5 Å². The standard InChI is InChI=1S/C23H28BrClN2O3/c1-4-20(23(29)26-13-16(2)3)27(14-17-8-6-5-7-9-17)22(28)15-30-21-11-10-18(24)12-19(21)25/h5-12,16,20H,4,13-15H2,1-3H3,(H,26,29)/t20-/m0/s1. The summed E-state index contributed by atoms with van der Waals surface area (Å²) in [6, 6.07) is 14.2. The van der Waals surface area contributed by atoms with E-state index in [1.165, 1.54) is 0 Å². The quantitative estimate of drug-likeness (QED) is 0.501. The average molecular weight is 496 g/mol. The van der Waals surface area contributed by atoms with Crippen molar-refractivity contribution in [1.82, 2.24) is 10.2 Å². The van der Waals surface area contributed by atoms with Crippen molar-refractivity contribution in [3.8, 4) is 5.75 Å². The van der Waals surface area contributed by atoms with E-state index in [2.05, 4.69) is 21.2 Å². The predicted molar refractivity (Wildman–Crippen MR) is 124 cm³/mol. The van der Waals surface area contributed by atoms with Crippen molar-refractivity contribution < 1.29 is 14.3 Å². The lowest BCUT2D eigenvalue weighted by Gasteiger charge is -2.30. The Hall–Kier alpha value is -2.05. The van der Waals surface area contributed by atoms with Gasteiger partial charge in [-0.3, -0.25) is 9.59 Å². The Morgan fingerprint density at radius 2 is 1.87 bits per heavy atom. The fraction of sp³-hybridized carbons (Fsp3) is 0.391. The zero-order valence-electron chi connectivity index (χ0n) is 17.5. The topological polar surface area (TPSA) is 58.6 Å². The maximum Gasteiger partial charge on any atom is 0.261 e. The molecular weight excluding hydrogens is 468 g/mol. The van der Waals surface area contributed by atoms with Crippen LogP contribution in [0.5, 0.6) is 5.75 Å². The summed E-state index contributed by atoms with van der Waals surface area (Å²) in [6.45, 7) is 6.64. The van der Waals surface area contributed by atoms with Crippen molar-refractivity contribution in [2.24, 2.45) is 5.92 Å². The fourth-order valence-corrected chi connectivity index (χ4v) is 3.66. The van der Waals surface area contributed by atoms with Crippen molar-refractivity contribution in [2.45, 2.75) is 39.8 Å². The number of benzene rings is 2. The van der Waals surface area contributed by atoms with E-state index >= 15 is 0 Å². The van der Waals surface area contributed by atoms with E-state index in [9.17, 15) is 9.59 Å². The molecule has 0 spiro atoms. The summed E-state index contributed by atoms with van der Waals surface area (Å²) < 4.78 is 6.49. The van der Waals surface area contributed by atoms with Gasteiger partial charge >= 0.3 is 0 Å². The van der Waals surface area contributed by atoms with Crippen molar-refractivity contribution in [3.63, 3.8) is 0 Å². The van der Waals surface area contributed by atoms with E-state index in [0.717, 1.165) is 10.0 Å². The molecule has 0 fully saturated rings. The summed E-state index contributed by atoms with van der Waals surface area (Å²) in [5, 5.41) is 3.35. The van der Waals surface area contributed by atoms with Gasteiger partial charge in [0, 0.05) is 17.6 Å². The number of carbonyl (C=O) groups excluding carboxylic acids is 2. The second-order valence-corrected chi connectivity index (χ2v) is 8.76. The molecular formula is C23H28BrClN2O3. The summed E-state index contributed by atoms with van der Waals surface area (Å²) in [6.07, 6.45) is 0.502. The van der Waals surface area contributed by atoms with Crippen LogP contribution in [0.4, 0.5) is 0 Å². The number of hydrogen-bond donors (Lipinski definition) is 1. The molecule has 0 heterocycles. The second kappa shape index (κ2) is 12.0. The molecule has 0 aromatic heterocycles. The Morgan fingerprint density at radius 3 is 2.47 bits per heavy atom. The molecule has 2 rings (SSSR count). The maximum atomic E-state index is 13.1. The summed E-state index contributed by atoms with van der Waals surface area (Å²) in [4.78, 5) is 27.5. The van der Waals surface area contributed by atoms with Crippen LogP contribution in [-0.4, -0.2) is 35.9 Å². The smallest absolute Gasteiger partial charge is 0.261 e. The Morgan fingerprint density at radius 1 is 1.17 bits per heavy atom. The van der Waals surface area contributed by atoms with Crippen molar-refractivity contribution in [3.05, 3.63) is 63.6 Å². The second-order valence-electron chi connectivity index (χ2n) is 7.43. The van der Waals surface area contributed by atoms with Gasteiger partial charge < -0.3 is 15.0 Å². The molecule has 0 unspecified atom stereocenters. The van der Waals surface area contributed by atoms with Gasteiger partial charge in [-0.15, -0.1) is 0 Å². The van der Waals surface area contributed by atoms with Gasteiger partial charge in [0.25, 0.3) is 5.91 Å². The first-order valence-electron chi connectivity index (χ1n) is 10.0. The lowest BCUT2D eigenvalue weighted by Crippen LogP contribution is -2.50. The van der Waals surface area contributed by atoms with Gasteiger partial charge in [0.05, 0.1) is 5.02 Å². The van der Waals surface area contributed by atoms with E-state index < -0.39 is 6.04 Å². The molecule has 0 bridgehead atoms. The molecule has 5 nitrogen and oxygen atoms in total. The van der Waals surface area contributed by atoms with Gasteiger partial charge in [-0.25, -0.2) is 0 Å². The largest absolute Gasteiger partial charge is 0.482 e. The first-order chi connectivity index (χ1) is 14.3. The lowest BCUT2D eigenvalue weighted by atomic mass is 10.1. The Kier molecular flexibility index (Phi) is 9.66. The molecule has 0 aliphatic heterocycles. The maximum absolute atomic E-state index is 13.1. The zero-order chi connectivity index (χ0) is 22.1. The van der Waals surface area contributed by atoms with Gasteiger partial charge in [-0.1, -0.05) is 78.6 Å². The highest BCUT2D eigenvalue weighted by molar-refractivity contribution is 9.10. The van der Waals surface area contributed by atoms with Gasteiger partial charge in [-0.2, -0.15) is 0 Å². The summed E-state index contributed by atoms with van der Waals surface area (Å²) in [5.41, 5.74) is 0.947. The number of nitrogens with zero attached hydrogens (tertiary/aromatic N) is 1. The van der Waals surface area contributed by atoms with E-state index in [1.54, 1.807) is 23.1 Å². The average Bonchev–Trinajstić information content (AvgIpc) is 2.72. The minimum Gasteiger partial charge on any atom is -0.482 e. The highest BCUT2D eigenvalue weighted by Gasteiger charge is 2.29. The molecule has 1 N–H and O–H groups in total. The molecule has 0 saturated carbocycles. The van der Waals surface area contributed by atoms with Crippen LogP contribution in [0, 0.1) is 5.92 Å². The molecule has 0 radical (unpaired) electrons. The van der Waals surface area contributed by atoms with Crippen LogP contribution in [0.2, 0.25) is 5.02 Å². The molecule has 30 heavy (non-hydrogen) atoms. The van der Waals surface area contributed by atoms with E-state index in [-0.39, 0.29) is 18.4 Å². The lowest BCUT2D eigenvalue weighted by molar-refractivity contribution is -0.143. The van der Waals surface area contributed by atoms with Gasteiger partial charge in [0.15, 0.2) is 6.61 Å². The Labute approximate surface area is 191 Å². The number of nitrogens with one attached hydrogen (secondary N) is 1. The highest BCUT2D eigenvalue weighted by Crippen LogP contribution is 2.27. The molecule has 2 aromatic carbocycles. The van der Waals surface area contributed by atoms with Gasteiger partial charge in [-0.05, 0) is 36.1 Å². The van der Waals surface area contributed by atoms with Gasteiger partial charge in [0.1, 0.15) is 11.8 Å². The summed E-state index contributed by atoms with van der Waals surface area (Å²) >= 11 is 9.54. The first-order valence-corrected chi connectivity index (χ1v) is 11.2. The molecule has 0 aliphatic carbocycles. The van der Waals surface area contributed by atoms with Crippen LogP contribution in [0.15, 0.2) is 53.0 Å². The van der Waals surface area contributed by atoms with Gasteiger partial charge in [0.2, 0.25) is 5.91 Å². The van der Waals surface area contributed by atoms with Crippen LogP contribution in [0.1, 0.15) is 32.8 Å². The number of rotatable bonds is 10. The molecule has 2 amide bonds. The molecule has 0 saturated heterocycles. The third-order valence-electron chi connectivity index (χ3n) is 4.51. The summed E-state index contributed by atoms with van der Waals surface area (Å²) in [7, 11) is 0. The Bertz CT molecular complexity index is 846. The van der Waals surface area contributed by atoms with Crippen LogP contribution in [-0.2, 0) is 16.1 Å². The van der Waals surface area contributed by atoms with Crippen molar-refractivity contribution >= 4 is 39.3 Å². The molecule has 0 aliphatic rings. The number of amides is 2. The molecule has 162 valence electrons. The SMILES string of the molecule is CC[C@@H](C(=O)NCC(C)C)N(Cc1ccccc1)C(=O)COc1ccc(Br)cc1Cl. The third-order valence-corrected chi connectivity index (χ3v) is 5.30.